The highest BCUT2D eigenvalue weighted by Gasteiger charge is 2.18. The molecule has 0 spiro atoms. The number of thiophene rings is 1. The van der Waals surface area contributed by atoms with E-state index in [-0.39, 0.29) is 5.91 Å². The fraction of sp³-hybridized carbons (Fsp3) is 0.263. The predicted octanol–water partition coefficient (Wildman–Crippen LogP) is 4.67. The van der Waals surface area contributed by atoms with Crippen molar-refractivity contribution >= 4 is 22.9 Å². The Labute approximate surface area is 146 Å². The van der Waals surface area contributed by atoms with Gasteiger partial charge in [-0.2, -0.15) is 5.10 Å². The molecule has 0 aliphatic rings. The standard InChI is InChI=1S/C19H21N3OS/c1-5-15-11-17(24-14(15)4)19(23)20-18-12(2)21-22(13(18)3)16-9-7-6-8-10-16/h6-11H,5H2,1-4H3,(H,20,23). The van der Waals surface area contributed by atoms with E-state index in [0.29, 0.717) is 0 Å². The summed E-state index contributed by atoms with van der Waals surface area (Å²) in [5.74, 6) is -0.0680. The number of amides is 1. The second kappa shape index (κ2) is 6.61. The number of nitrogens with zero attached hydrogens (tertiary/aromatic N) is 2. The maximum atomic E-state index is 12.6. The molecule has 0 atom stereocenters. The highest BCUT2D eigenvalue weighted by Crippen LogP contribution is 2.26. The molecule has 0 fully saturated rings. The van der Waals surface area contributed by atoms with Crippen LogP contribution in [0.5, 0.6) is 0 Å². The number of para-hydroxylation sites is 1. The first-order chi connectivity index (χ1) is 11.5. The van der Waals surface area contributed by atoms with E-state index in [4.69, 9.17) is 0 Å². The van der Waals surface area contributed by atoms with E-state index < -0.39 is 0 Å². The van der Waals surface area contributed by atoms with Crippen LogP contribution in [0.25, 0.3) is 5.69 Å². The number of carbonyl (C=O) groups is 1. The third-order valence-electron chi connectivity index (χ3n) is 4.16. The largest absolute Gasteiger partial charge is 0.318 e. The smallest absolute Gasteiger partial charge is 0.265 e. The lowest BCUT2D eigenvalue weighted by molar-refractivity contribution is 0.103. The van der Waals surface area contributed by atoms with Crippen LogP contribution in [0.3, 0.4) is 0 Å². The van der Waals surface area contributed by atoms with Crippen molar-refractivity contribution in [2.75, 3.05) is 5.32 Å². The summed E-state index contributed by atoms with van der Waals surface area (Å²) in [7, 11) is 0. The molecule has 1 N–H and O–H groups in total. The van der Waals surface area contributed by atoms with Gasteiger partial charge in [-0.05, 0) is 51.0 Å². The monoisotopic (exact) mass is 339 g/mol. The maximum Gasteiger partial charge on any atom is 0.265 e. The van der Waals surface area contributed by atoms with Crippen molar-refractivity contribution in [1.82, 2.24) is 9.78 Å². The van der Waals surface area contributed by atoms with Crippen LogP contribution in [0.15, 0.2) is 36.4 Å². The first-order valence-electron chi connectivity index (χ1n) is 8.03. The number of carbonyl (C=O) groups excluding carboxylic acids is 1. The van der Waals surface area contributed by atoms with Crippen molar-refractivity contribution in [3.05, 3.63) is 63.1 Å². The molecule has 4 nitrogen and oxygen atoms in total. The molecule has 3 aromatic rings. The molecule has 0 radical (unpaired) electrons. The van der Waals surface area contributed by atoms with Gasteiger partial charge in [0.2, 0.25) is 0 Å². The minimum Gasteiger partial charge on any atom is -0.318 e. The van der Waals surface area contributed by atoms with Crippen molar-refractivity contribution in [3.63, 3.8) is 0 Å². The van der Waals surface area contributed by atoms with E-state index in [1.54, 1.807) is 11.3 Å². The minimum atomic E-state index is -0.0680. The zero-order chi connectivity index (χ0) is 17.3. The minimum absolute atomic E-state index is 0.0680. The topological polar surface area (TPSA) is 46.9 Å². The third kappa shape index (κ3) is 2.99. The zero-order valence-corrected chi connectivity index (χ0v) is 15.2. The van der Waals surface area contributed by atoms with Gasteiger partial charge in [0.05, 0.1) is 27.6 Å². The highest BCUT2D eigenvalue weighted by molar-refractivity contribution is 7.14. The second-order valence-corrected chi connectivity index (χ2v) is 7.05. The summed E-state index contributed by atoms with van der Waals surface area (Å²) in [5, 5.41) is 7.61. The quantitative estimate of drug-likeness (QED) is 0.750. The van der Waals surface area contributed by atoms with Gasteiger partial charge in [0.1, 0.15) is 0 Å². The molecule has 24 heavy (non-hydrogen) atoms. The van der Waals surface area contributed by atoms with Gasteiger partial charge in [0.15, 0.2) is 0 Å². The van der Waals surface area contributed by atoms with E-state index in [1.807, 2.05) is 54.9 Å². The van der Waals surface area contributed by atoms with E-state index >= 15 is 0 Å². The molecule has 1 amide bonds. The van der Waals surface area contributed by atoms with Gasteiger partial charge in [0, 0.05) is 4.88 Å². The third-order valence-corrected chi connectivity index (χ3v) is 5.25. The summed E-state index contributed by atoms with van der Waals surface area (Å²) in [5.41, 5.74) is 4.75. The molecule has 2 heterocycles. The average Bonchev–Trinajstić information content (AvgIpc) is 3.10. The molecule has 3 rings (SSSR count). The molecule has 0 aliphatic carbocycles. The Balaban J connectivity index is 1.90. The number of rotatable bonds is 4. The molecular weight excluding hydrogens is 318 g/mol. The summed E-state index contributed by atoms with van der Waals surface area (Å²) in [6.07, 6.45) is 0.944. The van der Waals surface area contributed by atoms with Gasteiger partial charge in [-0.15, -0.1) is 11.3 Å². The molecule has 0 saturated heterocycles. The molecule has 1 aromatic carbocycles. The summed E-state index contributed by atoms with van der Waals surface area (Å²) >= 11 is 1.54. The van der Waals surface area contributed by atoms with Crippen LogP contribution in [-0.4, -0.2) is 15.7 Å². The lowest BCUT2D eigenvalue weighted by atomic mass is 10.2. The van der Waals surface area contributed by atoms with Crippen LogP contribution in [0.1, 0.15) is 38.4 Å². The Hall–Kier alpha value is -2.40. The Kier molecular flexibility index (Phi) is 4.53. The Morgan fingerprint density at radius 2 is 1.92 bits per heavy atom. The zero-order valence-electron chi connectivity index (χ0n) is 14.4. The molecule has 0 bridgehead atoms. The number of hydrogen-bond acceptors (Lipinski definition) is 3. The van der Waals surface area contributed by atoms with Crippen LogP contribution in [0.2, 0.25) is 0 Å². The number of aryl methyl sites for hydroxylation is 3. The van der Waals surface area contributed by atoms with Crippen LogP contribution >= 0.6 is 11.3 Å². The molecule has 5 heteroatoms. The summed E-state index contributed by atoms with van der Waals surface area (Å²) in [4.78, 5) is 14.6. The Morgan fingerprint density at radius 3 is 2.54 bits per heavy atom. The number of benzene rings is 1. The van der Waals surface area contributed by atoms with Gasteiger partial charge in [-0.25, -0.2) is 4.68 Å². The van der Waals surface area contributed by atoms with E-state index in [0.717, 1.165) is 34.1 Å². The van der Waals surface area contributed by atoms with E-state index in [1.165, 1.54) is 10.4 Å². The maximum absolute atomic E-state index is 12.6. The van der Waals surface area contributed by atoms with Crippen molar-refractivity contribution in [3.8, 4) is 5.69 Å². The fourth-order valence-corrected chi connectivity index (χ4v) is 3.81. The lowest BCUT2D eigenvalue weighted by Crippen LogP contribution is -2.11. The summed E-state index contributed by atoms with van der Waals surface area (Å²) in [6.45, 7) is 8.05. The normalized spacial score (nSPS) is 10.8. The molecule has 0 saturated carbocycles. The van der Waals surface area contributed by atoms with Crippen LogP contribution in [0, 0.1) is 20.8 Å². The number of nitrogens with one attached hydrogen (secondary N) is 1. The molecule has 0 unspecified atom stereocenters. The number of hydrogen-bond donors (Lipinski definition) is 1. The van der Waals surface area contributed by atoms with Gasteiger partial charge in [-0.3, -0.25) is 4.79 Å². The molecular formula is C19H21N3OS. The number of aromatic nitrogens is 2. The van der Waals surface area contributed by atoms with Crippen molar-refractivity contribution in [1.29, 1.82) is 0 Å². The van der Waals surface area contributed by atoms with E-state index in [9.17, 15) is 4.79 Å². The first-order valence-corrected chi connectivity index (χ1v) is 8.85. The van der Waals surface area contributed by atoms with Gasteiger partial charge in [0.25, 0.3) is 5.91 Å². The summed E-state index contributed by atoms with van der Waals surface area (Å²) < 4.78 is 1.86. The van der Waals surface area contributed by atoms with E-state index in [2.05, 4.69) is 24.3 Å². The fourth-order valence-electron chi connectivity index (χ4n) is 2.80. The van der Waals surface area contributed by atoms with Gasteiger partial charge >= 0.3 is 0 Å². The van der Waals surface area contributed by atoms with Crippen molar-refractivity contribution in [2.45, 2.75) is 34.1 Å². The second-order valence-electron chi connectivity index (χ2n) is 5.79. The predicted molar refractivity (Wildman–Crippen MR) is 99.4 cm³/mol. The molecule has 2 aromatic heterocycles. The Bertz CT molecular complexity index is 878. The lowest BCUT2D eigenvalue weighted by Gasteiger charge is -2.06. The Morgan fingerprint density at radius 1 is 1.21 bits per heavy atom. The average molecular weight is 339 g/mol. The van der Waals surface area contributed by atoms with Crippen LogP contribution in [-0.2, 0) is 6.42 Å². The van der Waals surface area contributed by atoms with Gasteiger partial charge in [-0.1, -0.05) is 25.1 Å². The highest BCUT2D eigenvalue weighted by atomic mass is 32.1. The van der Waals surface area contributed by atoms with Crippen molar-refractivity contribution < 1.29 is 4.79 Å². The molecule has 124 valence electrons. The molecule has 0 aliphatic heterocycles. The number of anilines is 1. The van der Waals surface area contributed by atoms with Gasteiger partial charge < -0.3 is 5.32 Å². The first kappa shape index (κ1) is 16.5. The van der Waals surface area contributed by atoms with Crippen LogP contribution < -0.4 is 5.32 Å². The van der Waals surface area contributed by atoms with Crippen molar-refractivity contribution in [2.24, 2.45) is 0 Å². The van der Waals surface area contributed by atoms with Crippen LogP contribution in [0.4, 0.5) is 5.69 Å². The summed E-state index contributed by atoms with van der Waals surface area (Å²) in [6, 6.07) is 11.9. The SMILES string of the molecule is CCc1cc(C(=O)Nc2c(C)nn(-c3ccccc3)c2C)sc1C.